The molecule has 0 aliphatic carbocycles. The Labute approximate surface area is 152 Å². The lowest BCUT2D eigenvalue weighted by Crippen LogP contribution is -2.29. The van der Waals surface area contributed by atoms with Crippen LogP contribution in [0.3, 0.4) is 0 Å². The van der Waals surface area contributed by atoms with E-state index in [1.165, 1.54) is 10.2 Å². The van der Waals surface area contributed by atoms with Gasteiger partial charge in [0.1, 0.15) is 24.6 Å². The van der Waals surface area contributed by atoms with Crippen LogP contribution in [0.4, 0.5) is 0 Å². The zero-order valence-electron chi connectivity index (χ0n) is 14.8. The van der Waals surface area contributed by atoms with Crippen LogP contribution in [0.25, 0.3) is 0 Å². The predicted molar refractivity (Wildman–Crippen MR) is 98.7 cm³/mol. The fraction of sp³-hybridized carbons (Fsp3) is 0.250. The zero-order chi connectivity index (χ0) is 18.2. The van der Waals surface area contributed by atoms with E-state index in [4.69, 9.17) is 4.74 Å². The molecule has 0 saturated heterocycles. The number of amides is 1. The fourth-order valence-corrected chi connectivity index (χ4v) is 2.54. The Morgan fingerprint density at radius 2 is 2.00 bits per heavy atom. The molecule has 134 valence electrons. The van der Waals surface area contributed by atoms with Crippen LogP contribution in [0, 0.1) is 6.92 Å². The van der Waals surface area contributed by atoms with Crippen LogP contribution < -0.4 is 10.1 Å². The van der Waals surface area contributed by atoms with Crippen LogP contribution in [0.15, 0.2) is 60.8 Å². The predicted octanol–water partition coefficient (Wildman–Crippen LogP) is 2.52. The van der Waals surface area contributed by atoms with Gasteiger partial charge < -0.3 is 10.1 Å². The number of hydrogen-bond acceptors (Lipinski definition) is 4. The van der Waals surface area contributed by atoms with Gasteiger partial charge in [-0.05, 0) is 36.6 Å². The summed E-state index contributed by atoms with van der Waals surface area (Å²) in [6.07, 6.45) is 2.53. The molecule has 0 fully saturated rings. The van der Waals surface area contributed by atoms with Gasteiger partial charge in [0.25, 0.3) is 0 Å². The van der Waals surface area contributed by atoms with Crippen LogP contribution in [0.1, 0.15) is 16.8 Å². The van der Waals surface area contributed by atoms with E-state index in [-0.39, 0.29) is 12.5 Å². The summed E-state index contributed by atoms with van der Waals surface area (Å²) >= 11 is 0. The van der Waals surface area contributed by atoms with E-state index < -0.39 is 0 Å². The summed E-state index contributed by atoms with van der Waals surface area (Å²) in [7, 11) is 0. The van der Waals surface area contributed by atoms with E-state index in [0.29, 0.717) is 18.8 Å². The number of hydrogen-bond donors (Lipinski definition) is 1. The van der Waals surface area contributed by atoms with Crippen molar-refractivity contribution in [2.75, 3.05) is 6.54 Å². The first-order valence-corrected chi connectivity index (χ1v) is 8.58. The maximum atomic E-state index is 12.0. The standard InChI is InChI=1S/C20H22N4O2/c1-16-6-5-9-19(12-16)26-15-18-13-24(23-22-18)14-20(25)21-11-10-17-7-3-2-4-8-17/h2-9,12-13H,10-11,14-15H2,1H3,(H,21,25). The number of rotatable bonds is 8. The molecule has 0 spiro atoms. The summed E-state index contributed by atoms with van der Waals surface area (Å²) in [4.78, 5) is 12.0. The molecular formula is C20H22N4O2. The minimum absolute atomic E-state index is 0.0861. The number of aromatic nitrogens is 3. The van der Waals surface area contributed by atoms with Crippen molar-refractivity contribution < 1.29 is 9.53 Å². The monoisotopic (exact) mass is 350 g/mol. The molecule has 0 atom stereocenters. The van der Waals surface area contributed by atoms with Gasteiger partial charge in [-0.15, -0.1) is 5.10 Å². The van der Waals surface area contributed by atoms with Gasteiger partial charge in [-0.3, -0.25) is 4.79 Å². The van der Waals surface area contributed by atoms with Gasteiger partial charge in [0.2, 0.25) is 5.91 Å². The SMILES string of the molecule is Cc1cccc(OCc2cn(CC(=O)NCCc3ccccc3)nn2)c1. The third-order valence-corrected chi connectivity index (χ3v) is 3.85. The second-order valence-electron chi connectivity index (χ2n) is 6.10. The van der Waals surface area contributed by atoms with Crippen molar-refractivity contribution in [3.63, 3.8) is 0 Å². The third-order valence-electron chi connectivity index (χ3n) is 3.85. The minimum Gasteiger partial charge on any atom is -0.487 e. The number of benzene rings is 2. The maximum absolute atomic E-state index is 12.0. The van der Waals surface area contributed by atoms with Crippen molar-refractivity contribution >= 4 is 5.91 Å². The van der Waals surface area contributed by atoms with E-state index in [1.807, 2.05) is 61.5 Å². The van der Waals surface area contributed by atoms with Gasteiger partial charge in [-0.25, -0.2) is 4.68 Å². The highest BCUT2D eigenvalue weighted by atomic mass is 16.5. The normalized spacial score (nSPS) is 10.5. The van der Waals surface area contributed by atoms with E-state index >= 15 is 0 Å². The zero-order valence-corrected chi connectivity index (χ0v) is 14.8. The molecule has 0 unspecified atom stereocenters. The minimum atomic E-state index is -0.0861. The Morgan fingerprint density at radius 3 is 2.81 bits per heavy atom. The molecule has 0 radical (unpaired) electrons. The molecule has 1 amide bonds. The lowest BCUT2D eigenvalue weighted by atomic mass is 10.1. The molecule has 3 rings (SSSR count). The average molecular weight is 350 g/mol. The first kappa shape index (κ1) is 17.7. The number of nitrogens with zero attached hydrogens (tertiary/aromatic N) is 3. The van der Waals surface area contributed by atoms with Crippen molar-refractivity contribution in [1.82, 2.24) is 20.3 Å². The lowest BCUT2D eigenvalue weighted by Gasteiger charge is -2.05. The number of ether oxygens (including phenoxy) is 1. The van der Waals surface area contributed by atoms with Crippen molar-refractivity contribution in [3.05, 3.63) is 77.6 Å². The maximum Gasteiger partial charge on any atom is 0.241 e. The van der Waals surface area contributed by atoms with Gasteiger partial charge in [-0.2, -0.15) is 0 Å². The van der Waals surface area contributed by atoms with Crippen LogP contribution in [-0.2, 0) is 24.4 Å². The van der Waals surface area contributed by atoms with E-state index in [1.54, 1.807) is 6.20 Å². The highest BCUT2D eigenvalue weighted by Crippen LogP contribution is 2.13. The van der Waals surface area contributed by atoms with Crippen LogP contribution in [0.5, 0.6) is 5.75 Å². The summed E-state index contributed by atoms with van der Waals surface area (Å²) in [6.45, 7) is 3.08. The quantitative estimate of drug-likeness (QED) is 0.678. The van der Waals surface area contributed by atoms with Crippen molar-refractivity contribution in [2.45, 2.75) is 26.5 Å². The largest absolute Gasteiger partial charge is 0.487 e. The second-order valence-corrected chi connectivity index (χ2v) is 6.10. The fourth-order valence-electron chi connectivity index (χ4n) is 2.54. The number of nitrogens with one attached hydrogen (secondary N) is 1. The van der Waals surface area contributed by atoms with Gasteiger partial charge in [0, 0.05) is 6.54 Å². The molecule has 1 heterocycles. The van der Waals surface area contributed by atoms with Gasteiger partial charge in [-0.1, -0.05) is 47.7 Å². The molecule has 6 nitrogen and oxygen atoms in total. The molecule has 6 heteroatoms. The van der Waals surface area contributed by atoms with Crippen LogP contribution in [0.2, 0.25) is 0 Å². The molecule has 0 bridgehead atoms. The molecule has 3 aromatic rings. The molecule has 1 aromatic heterocycles. The highest BCUT2D eigenvalue weighted by Gasteiger charge is 2.07. The van der Waals surface area contributed by atoms with Crippen molar-refractivity contribution in [2.24, 2.45) is 0 Å². The Balaban J connectivity index is 1.42. The van der Waals surface area contributed by atoms with E-state index in [0.717, 1.165) is 17.7 Å². The Morgan fingerprint density at radius 1 is 1.15 bits per heavy atom. The molecular weight excluding hydrogens is 328 g/mol. The van der Waals surface area contributed by atoms with E-state index in [2.05, 4.69) is 15.6 Å². The Hall–Kier alpha value is -3.15. The van der Waals surface area contributed by atoms with E-state index in [9.17, 15) is 4.79 Å². The first-order valence-electron chi connectivity index (χ1n) is 8.58. The Bertz CT molecular complexity index is 846. The van der Waals surface area contributed by atoms with Crippen molar-refractivity contribution in [1.29, 1.82) is 0 Å². The van der Waals surface area contributed by atoms with Gasteiger partial charge >= 0.3 is 0 Å². The second kappa shape index (κ2) is 8.80. The topological polar surface area (TPSA) is 69.0 Å². The first-order chi connectivity index (χ1) is 12.7. The molecule has 0 saturated carbocycles. The number of carbonyl (C=O) groups is 1. The summed E-state index contributed by atoms with van der Waals surface area (Å²) in [6, 6.07) is 17.9. The number of aryl methyl sites for hydroxylation is 1. The summed E-state index contributed by atoms with van der Waals surface area (Å²) in [5.74, 6) is 0.704. The van der Waals surface area contributed by atoms with Crippen LogP contribution >= 0.6 is 0 Å². The summed E-state index contributed by atoms with van der Waals surface area (Å²) in [5.41, 5.74) is 3.02. The summed E-state index contributed by atoms with van der Waals surface area (Å²) in [5, 5.41) is 10.9. The van der Waals surface area contributed by atoms with Gasteiger partial charge in [0.05, 0.1) is 6.20 Å². The Kier molecular flexibility index (Phi) is 5.98. The van der Waals surface area contributed by atoms with Crippen LogP contribution in [-0.4, -0.2) is 27.4 Å². The summed E-state index contributed by atoms with van der Waals surface area (Å²) < 4.78 is 7.21. The highest BCUT2D eigenvalue weighted by molar-refractivity contribution is 5.75. The molecule has 2 aromatic carbocycles. The average Bonchev–Trinajstić information content (AvgIpc) is 3.08. The molecule has 0 aliphatic rings. The molecule has 1 N–H and O–H groups in total. The third kappa shape index (κ3) is 5.44. The van der Waals surface area contributed by atoms with Crippen molar-refractivity contribution in [3.8, 4) is 5.75 Å². The molecule has 26 heavy (non-hydrogen) atoms. The molecule has 0 aliphatic heterocycles. The van der Waals surface area contributed by atoms with Gasteiger partial charge in [0.15, 0.2) is 0 Å². The number of carbonyl (C=O) groups excluding carboxylic acids is 1. The lowest BCUT2D eigenvalue weighted by molar-refractivity contribution is -0.121. The smallest absolute Gasteiger partial charge is 0.241 e.